The lowest BCUT2D eigenvalue weighted by atomic mass is 9.98. The summed E-state index contributed by atoms with van der Waals surface area (Å²) in [4.78, 5) is 14.5. The number of nitrogen functional groups attached to an aromatic ring is 1. The van der Waals surface area contributed by atoms with Gasteiger partial charge in [0.1, 0.15) is 0 Å². The molecule has 2 fully saturated rings. The van der Waals surface area contributed by atoms with Gasteiger partial charge < -0.3 is 10.7 Å². The third-order valence-electron chi connectivity index (χ3n) is 4.44. The summed E-state index contributed by atoms with van der Waals surface area (Å²) in [5.41, 5.74) is 0. The Morgan fingerprint density at radius 3 is 2.52 bits per heavy atom. The predicted octanol–water partition coefficient (Wildman–Crippen LogP) is 1.75. The van der Waals surface area contributed by atoms with Gasteiger partial charge in [0.15, 0.2) is 5.82 Å². The molecule has 2 atom stereocenters. The van der Waals surface area contributed by atoms with Crippen LogP contribution >= 0.6 is 11.8 Å². The molecule has 0 bridgehead atoms. The fourth-order valence-electron chi connectivity index (χ4n) is 3.12. The Morgan fingerprint density at radius 1 is 1.24 bits per heavy atom. The summed E-state index contributed by atoms with van der Waals surface area (Å²) >= 11 is 1.39. The number of carbonyl (C=O) groups excluding carboxylic acids is 1. The lowest BCUT2D eigenvalue weighted by Gasteiger charge is -2.39. The molecule has 2 heterocycles. The minimum atomic E-state index is 0.177. The van der Waals surface area contributed by atoms with Gasteiger partial charge in [-0.05, 0) is 46.0 Å². The van der Waals surface area contributed by atoms with E-state index in [0.29, 0.717) is 28.9 Å². The number of nitrogens with zero attached hydrogens (tertiary/aromatic N) is 4. The number of likely N-dealkylation sites (tertiary alicyclic amines) is 1. The third kappa shape index (κ3) is 3.02. The van der Waals surface area contributed by atoms with Gasteiger partial charge in [0.25, 0.3) is 0 Å². The van der Waals surface area contributed by atoms with E-state index in [4.69, 9.17) is 5.84 Å². The second kappa shape index (κ2) is 5.87. The monoisotopic (exact) mass is 309 g/mol. The first-order valence-electron chi connectivity index (χ1n) is 7.72. The van der Waals surface area contributed by atoms with E-state index < -0.39 is 0 Å². The van der Waals surface area contributed by atoms with Crippen molar-refractivity contribution < 1.29 is 4.79 Å². The molecule has 1 aromatic heterocycles. The van der Waals surface area contributed by atoms with Gasteiger partial charge in [-0.25, -0.2) is 4.68 Å². The molecule has 2 aliphatic rings. The van der Waals surface area contributed by atoms with Crippen LogP contribution in [0.2, 0.25) is 0 Å². The van der Waals surface area contributed by atoms with Crippen LogP contribution in [0.4, 0.5) is 0 Å². The van der Waals surface area contributed by atoms with Gasteiger partial charge >= 0.3 is 0 Å². The molecule has 0 spiro atoms. The second-order valence-corrected chi connectivity index (χ2v) is 7.15. The largest absolute Gasteiger partial charge is 0.337 e. The van der Waals surface area contributed by atoms with Crippen molar-refractivity contribution in [1.82, 2.24) is 19.8 Å². The maximum atomic E-state index is 12.5. The Morgan fingerprint density at radius 2 is 1.90 bits per heavy atom. The molecular weight excluding hydrogens is 286 g/mol. The SMILES string of the molecule is C[C@@H]1CCC[C@@H](C)N1C(=O)CSc1nnc(C2CC2)n1N. The number of hydrogen-bond donors (Lipinski definition) is 1. The fraction of sp³-hybridized carbons (Fsp3) is 0.786. The predicted molar refractivity (Wildman–Crippen MR) is 82.5 cm³/mol. The van der Waals surface area contributed by atoms with Gasteiger partial charge in [0.2, 0.25) is 11.1 Å². The highest BCUT2D eigenvalue weighted by molar-refractivity contribution is 7.99. The van der Waals surface area contributed by atoms with Crippen molar-refractivity contribution in [3.63, 3.8) is 0 Å². The molecule has 1 aromatic rings. The maximum absolute atomic E-state index is 12.5. The maximum Gasteiger partial charge on any atom is 0.233 e. The Bertz CT molecular complexity index is 517. The van der Waals surface area contributed by atoms with Crippen LogP contribution in [0.15, 0.2) is 5.16 Å². The van der Waals surface area contributed by atoms with Crippen LogP contribution in [0.3, 0.4) is 0 Å². The zero-order valence-corrected chi connectivity index (χ0v) is 13.5. The van der Waals surface area contributed by atoms with Crippen molar-refractivity contribution in [1.29, 1.82) is 0 Å². The fourth-order valence-corrected chi connectivity index (χ4v) is 3.85. The number of nitrogens with two attached hydrogens (primary N) is 1. The number of amides is 1. The molecule has 3 rings (SSSR count). The third-order valence-corrected chi connectivity index (χ3v) is 5.37. The zero-order valence-electron chi connectivity index (χ0n) is 12.7. The molecule has 1 amide bonds. The molecule has 0 aromatic carbocycles. The van der Waals surface area contributed by atoms with Gasteiger partial charge in [0.05, 0.1) is 5.75 Å². The molecule has 1 aliphatic carbocycles. The van der Waals surface area contributed by atoms with Crippen molar-refractivity contribution in [2.75, 3.05) is 11.6 Å². The molecule has 7 heteroatoms. The Kier molecular flexibility index (Phi) is 4.10. The number of rotatable bonds is 4. The summed E-state index contributed by atoms with van der Waals surface area (Å²) in [7, 11) is 0. The summed E-state index contributed by atoms with van der Waals surface area (Å²) in [5.74, 6) is 7.89. The van der Waals surface area contributed by atoms with E-state index in [1.807, 2.05) is 4.90 Å². The van der Waals surface area contributed by atoms with E-state index in [9.17, 15) is 4.79 Å². The summed E-state index contributed by atoms with van der Waals surface area (Å²) in [6, 6.07) is 0.666. The Labute approximate surface area is 129 Å². The van der Waals surface area contributed by atoms with Gasteiger partial charge in [-0.15, -0.1) is 10.2 Å². The molecule has 1 aliphatic heterocycles. The first-order chi connectivity index (χ1) is 10.1. The van der Waals surface area contributed by atoms with Gasteiger partial charge in [-0.2, -0.15) is 0 Å². The summed E-state index contributed by atoms with van der Waals surface area (Å²) in [5, 5.41) is 8.89. The summed E-state index contributed by atoms with van der Waals surface area (Å²) < 4.78 is 1.55. The highest BCUT2D eigenvalue weighted by Crippen LogP contribution is 2.39. The van der Waals surface area contributed by atoms with Crippen LogP contribution in [0.25, 0.3) is 0 Å². The van der Waals surface area contributed by atoms with Gasteiger partial charge in [0, 0.05) is 18.0 Å². The van der Waals surface area contributed by atoms with Crippen LogP contribution in [0.1, 0.15) is 57.7 Å². The average Bonchev–Trinajstić information content (AvgIpc) is 3.21. The molecule has 0 unspecified atom stereocenters. The standard InChI is InChI=1S/C14H23N5OS/c1-9-4-3-5-10(2)18(9)12(20)8-21-14-17-16-13(19(14)15)11-6-7-11/h9-11H,3-8,15H2,1-2H3/t9-,10-/m1/s1. The van der Waals surface area contributed by atoms with Crippen LogP contribution in [-0.2, 0) is 4.79 Å². The van der Waals surface area contributed by atoms with Crippen molar-refractivity contribution in [3.05, 3.63) is 5.82 Å². The number of carbonyl (C=O) groups is 1. The lowest BCUT2D eigenvalue weighted by Crippen LogP contribution is -2.48. The molecule has 2 N–H and O–H groups in total. The molecule has 6 nitrogen and oxygen atoms in total. The minimum Gasteiger partial charge on any atom is -0.337 e. The quantitative estimate of drug-likeness (QED) is 0.677. The van der Waals surface area contributed by atoms with E-state index in [1.54, 1.807) is 4.68 Å². The molecule has 1 saturated carbocycles. The van der Waals surface area contributed by atoms with Crippen molar-refractivity contribution in [3.8, 4) is 0 Å². The molecule has 21 heavy (non-hydrogen) atoms. The number of hydrogen-bond acceptors (Lipinski definition) is 5. The second-order valence-electron chi connectivity index (χ2n) is 6.20. The molecule has 1 saturated heterocycles. The normalized spacial score (nSPS) is 26.1. The number of piperidine rings is 1. The van der Waals surface area contributed by atoms with Gasteiger partial charge in [-0.1, -0.05) is 11.8 Å². The van der Waals surface area contributed by atoms with Crippen molar-refractivity contribution >= 4 is 17.7 Å². The van der Waals surface area contributed by atoms with Crippen LogP contribution in [0, 0.1) is 0 Å². The smallest absolute Gasteiger partial charge is 0.233 e. The van der Waals surface area contributed by atoms with E-state index >= 15 is 0 Å². The van der Waals surface area contributed by atoms with E-state index in [0.717, 1.165) is 31.5 Å². The minimum absolute atomic E-state index is 0.177. The van der Waals surface area contributed by atoms with Gasteiger partial charge in [-0.3, -0.25) is 4.79 Å². The van der Waals surface area contributed by atoms with Crippen LogP contribution in [0.5, 0.6) is 0 Å². The van der Waals surface area contributed by atoms with Crippen molar-refractivity contribution in [2.45, 2.75) is 69.1 Å². The highest BCUT2D eigenvalue weighted by Gasteiger charge is 2.31. The van der Waals surface area contributed by atoms with Crippen LogP contribution in [-0.4, -0.2) is 43.5 Å². The van der Waals surface area contributed by atoms with E-state index in [1.165, 1.54) is 18.2 Å². The first kappa shape index (κ1) is 14.7. The number of aromatic nitrogens is 3. The molecular formula is C14H23N5OS. The topological polar surface area (TPSA) is 77.0 Å². The number of thioether (sulfide) groups is 1. The molecule has 0 radical (unpaired) electrons. The Hall–Kier alpha value is -1.24. The van der Waals surface area contributed by atoms with Crippen LogP contribution < -0.4 is 5.84 Å². The van der Waals surface area contributed by atoms with E-state index in [2.05, 4.69) is 24.0 Å². The zero-order chi connectivity index (χ0) is 15.0. The summed E-state index contributed by atoms with van der Waals surface area (Å²) in [6.07, 6.45) is 5.68. The highest BCUT2D eigenvalue weighted by atomic mass is 32.2. The lowest BCUT2D eigenvalue weighted by molar-refractivity contribution is -0.134. The Balaban J connectivity index is 1.60. The van der Waals surface area contributed by atoms with E-state index in [-0.39, 0.29) is 5.91 Å². The molecule has 116 valence electrons. The average molecular weight is 309 g/mol. The summed E-state index contributed by atoms with van der Waals surface area (Å²) in [6.45, 7) is 4.27. The first-order valence-corrected chi connectivity index (χ1v) is 8.71. The van der Waals surface area contributed by atoms with Crippen molar-refractivity contribution in [2.24, 2.45) is 0 Å².